The molecule has 106 valence electrons. The summed E-state index contributed by atoms with van der Waals surface area (Å²) in [6, 6.07) is 8.26. The second-order valence-electron chi connectivity index (χ2n) is 4.85. The Bertz CT molecular complexity index is 498. The maximum absolute atomic E-state index is 11.8. The highest BCUT2D eigenvalue weighted by Gasteiger charge is 2.20. The van der Waals surface area contributed by atoms with Gasteiger partial charge < -0.3 is 5.32 Å². The van der Waals surface area contributed by atoms with Gasteiger partial charge in [0, 0.05) is 17.1 Å². The van der Waals surface area contributed by atoms with Gasteiger partial charge in [0.1, 0.15) is 0 Å². The summed E-state index contributed by atoms with van der Waals surface area (Å²) < 4.78 is 27.2. The Kier molecular flexibility index (Phi) is 5.38. The molecule has 0 amide bonds. The molecule has 1 saturated carbocycles. The molecule has 0 bridgehead atoms. The minimum absolute atomic E-state index is 0.184. The van der Waals surface area contributed by atoms with Gasteiger partial charge in [-0.05, 0) is 43.5 Å². The zero-order valence-electron chi connectivity index (χ0n) is 10.7. The molecule has 4 nitrogen and oxygen atoms in total. The van der Waals surface area contributed by atoms with Gasteiger partial charge in [-0.3, -0.25) is 0 Å². The van der Waals surface area contributed by atoms with Crippen molar-refractivity contribution in [1.29, 1.82) is 0 Å². The van der Waals surface area contributed by atoms with Gasteiger partial charge in [-0.15, -0.1) is 0 Å². The van der Waals surface area contributed by atoms with Crippen molar-refractivity contribution in [1.82, 2.24) is 10.0 Å². The van der Waals surface area contributed by atoms with E-state index in [1.54, 1.807) is 0 Å². The molecular weight excluding hydrogens is 328 g/mol. The third-order valence-electron chi connectivity index (χ3n) is 3.01. The molecule has 0 heterocycles. The normalized spacial score (nSPS) is 15.6. The Morgan fingerprint density at radius 1 is 1.21 bits per heavy atom. The molecule has 1 aliphatic rings. The van der Waals surface area contributed by atoms with Crippen LogP contribution in [-0.2, 0) is 16.6 Å². The van der Waals surface area contributed by atoms with Crippen molar-refractivity contribution in [2.24, 2.45) is 0 Å². The second kappa shape index (κ2) is 6.83. The molecule has 0 atom stereocenters. The van der Waals surface area contributed by atoms with Crippen LogP contribution >= 0.6 is 15.9 Å². The lowest BCUT2D eigenvalue weighted by atomic mass is 10.2. The number of hydrogen-bond donors (Lipinski definition) is 2. The van der Waals surface area contributed by atoms with Crippen LogP contribution in [0.3, 0.4) is 0 Å². The summed E-state index contributed by atoms with van der Waals surface area (Å²) in [5.74, 6) is 0.184. The van der Waals surface area contributed by atoms with Crippen molar-refractivity contribution >= 4 is 26.0 Å². The van der Waals surface area contributed by atoms with E-state index < -0.39 is 10.0 Å². The molecule has 1 aromatic rings. The van der Waals surface area contributed by atoms with E-state index in [9.17, 15) is 8.42 Å². The maximum atomic E-state index is 11.8. The minimum atomic E-state index is -3.17. The third-order valence-corrected chi connectivity index (χ3v) is 4.95. The summed E-state index contributed by atoms with van der Waals surface area (Å²) in [7, 11) is -3.17. The van der Waals surface area contributed by atoms with E-state index in [0.717, 1.165) is 16.6 Å². The van der Waals surface area contributed by atoms with Crippen molar-refractivity contribution in [3.63, 3.8) is 0 Å². The van der Waals surface area contributed by atoms with Crippen LogP contribution in [0.2, 0.25) is 0 Å². The molecule has 1 fully saturated rings. The van der Waals surface area contributed by atoms with Gasteiger partial charge >= 0.3 is 0 Å². The van der Waals surface area contributed by atoms with Crippen LogP contribution in [0, 0.1) is 0 Å². The predicted octanol–water partition coefficient (Wildman–Crippen LogP) is 2.01. The van der Waals surface area contributed by atoms with E-state index >= 15 is 0 Å². The highest BCUT2D eigenvalue weighted by Crippen LogP contribution is 2.18. The first kappa shape index (κ1) is 15.0. The Morgan fingerprint density at radius 3 is 2.53 bits per heavy atom. The topological polar surface area (TPSA) is 58.2 Å². The molecular formula is C13H19BrN2O2S. The molecule has 0 spiro atoms. The summed E-state index contributed by atoms with van der Waals surface area (Å²) in [6.45, 7) is 1.13. The first-order valence-corrected chi connectivity index (χ1v) is 8.95. The lowest BCUT2D eigenvalue weighted by Crippen LogP contribution is -2.28. The van der Waals surface area contributed by atoms with Gasteiger partial charge in [0.05, 0.1) is 5.75 Å². The summed E-state index contributed by atoms with van der Waals surface area (Å²) in [6.07, 6.45) is 3.12. The van der Waals surface area contributed by atoms with E-state index in [1.807, 2.05) is 24.3 Å². The van der Waals surface area contributed by atoms with Crippen LogP contribution < -0.4 is 10.0 Å². The van der Waals surface area contributed by atoms with Crippen molar-refractivity contribution in [2.45, 2.75) is 31.8 Å². The SMILES string of the molecule is O=S(=O)(CCCNC1CC1)NCc1ccc(Br)cc1. The van der Waals surface area contributed by atoms with Crippen LogP contribution in [0.5, 0.6) is 0 Å². The molecule has 2 N–H and O–H groups in total. The minimum Gasteiger partial charge on any atom is -0.314 e. The van der Waals surface area contributed by atoms with Gasteiger partial charge in [0.25, 0.3) is 0 Å². The van der Waals surface area contributed by atoms with E-state index in [-0.39, 0.29) is 5.75 Å². The standard InChI is InChI=1S/C13H19BrN2O2S/c14-12-4-2-11(3-5-12)10-16-19(17,18)9-1-8-15-13-6-7-13/h2-5,13,15-16H,1,6-10H2. The van der Waals surface area contributed by atoms with E-state index in [4.69, 9.17) is 0 Å². The quantitative estimate of drug-likeness (QED) is 0.708. The number of rotatable bonds is 8. The Labute approximate surface area is 123 Å². The number of halogens is 1. The highest BCUT2D eigenvalue weighted by molar-refractivity contribution is 9.10. The molecule has 0 saturated heterocycles. The molecule has 0 aliphatic heterocycles. The average molecular weight is 347 g/mol. The van der Waals surface area contributed by atoms with Crippen LogP contribution in [0.1, 0.15) is 24.8 Å². The molecule has 1 aliphatic carbocycles. The van der Waals surface area contributed by atoms with Crippen molar-refractivity contribution in [3.8, 4) is 0 Å². The van der Waals surface area contributed by atoms with Crippen LogP contribution in [0.4, 0.5) is 0 Å². The number of nitrogens with one attached hydrogen (secondary N) is 2. The fourth-order valence-electron chi connectivity index (χ4n) is 1.72. The third kappa shape index (κ3) is 6.03. The largest absolute Gasteiger partial charge is 0.314 e. The van der Waals surface area contributed by atoms with E-state index in [1.165, 1.54) is 12.8 Å². The monoisotopic (exact) mass is 346 g/mol. The number of sulfonamides is 1. The van der Waals surface area contributed by atoms with Crippen LogP contribution in [0.15, 0.2) is 28.7 Å². The zero-order chi connectivity index (χ0) is 13.7. The molecule has 0 aromatic heterocycles. The molecule has 19 heavy (non-hydrogen) atoms. The molecule has 0 unspecified atom stereocenters. The lowest BCUT2D eigenvalue weighted by Gasteiger charge is -2.07. The fraction of sp³-hybridized carbons (Fsp3) is 0.538. The molecule has 1 aromatic carbocycles. The van der Waals surface area contributed by atoms with Gasteiger partial charge in [-0.2, -0.15) is 0 Å². The van der Waals surface area contributed by atoms with Crippen molar-refractivity contribution in [3.05, 3.63) is 34.3 Å². The van der Waals surface area contributed by atoms with Gasteiger partial charge in [-0.1, -0.05) is 28.1 Å². The lowest BCUT2D eigenvalue weighted by molar-refractivity contribution is 0.574. The van der Waals surface area contributed by atoms with E-state index in [0.29, 0.717) is 19.0 Å². The van der Waals surface area contributed by atoms with Crippen molar-refractivity contribution in [2.75, 3.05) is 12.3 Å². The van der Waals surface area contributed by atoms with Gasteiger partial charge in [0.15, 0.2) is 0 Å². The Morgan fingerprint density at radius 2 is 1.89 bits per heavy atom. The number of hydrogen-bond acceptors (Lipinski definition) is 3. The van der Waals surface area contributed by atoms with Gasteiger partial charge in [-0.25, -0.2) is 13.1 Å². The maximum Gasteiger partial charge on any atom is 0.211 e. The second-order valence-corrected chi connectivity index (χ2v) is 7.69. The highest BCUT2D eigenvalue weighted by atomic mass is 79.9. The summed E-state index contributed by atoms with van der Waals surface area (Å²) in [5, 5.41) is 3.31. The summed E-state index contributed by atoms with van der Waals surface area (Å²) in [5.41, 5.74) is 0.961. The smallest absolute Gasteiger partial charge is 0.211 e. The van der Waals surface area contributed by atoms with E-state index in [2.05, 4.69) is 26.0 Å². The first-order valence-electron chi connectivity index (χ1n) is 6.50. The fourth-order valence-corrected chi connectivity index (χ4v) is 3.04. The van der Waals surface area contributed by atoms with Crippen LogP contribution in [0.25, 0.3) is 0 Å². The molecule has 0 radical (unpaired) electrons. The average Bonchev–Trinajstić information content (AvgIpc) is 3.18. The Hall–Kier alpha value is -0.430. The van der Waals surface area contributed by atoms with Crippen molar-refractivity contribution < 1.29 is 8.42 Å². The summed E-state index contributed by atoms with van der Waals surface area (Å²) in [4.78, 5) is 0. The molecule has 6 heteroatoms. The van der Waals surface area contributed by atoms with Crippen LogP contribution in [-0.4, -0.2) is 26.8 Å². The van der Waals surface area contributed by atoms with Gasteiger partial charge in [0.2, 0.25) is 10.0 Å². The molecule has 2 rings (SSSR count). The number of benzene rings is 1. The summed E-state index contributed by atoms with van der Waals surface area (Å²) >= 11 is 3.35. The zero-order valence-corrected chi connectivity index (χ0v) is 13.1. The predicted molar refractivity (Wildman–Crippen MR) is 80.4 cm³/mol. The Balaban J connectivity index is 1.68. The first-order chi connectivity index (χ1) is 9.05.